The van der Waals surface area contributed by atoms with Gasteiger partial charge >= 0.3 is 6.18 Å². The first-order valence-corrected chi connectivity index (χ1v) is 11.2. The van der Waals surface area contributed by atoms with E-state index >= 15 is 0 Å². The van der Waals surface area contributed by atoms with Gasteiger partial charge in [-0.05, 0) is 50.7 Å². The molecule has 2 aliphatic rings. The van der Waals surface area contributed by atoms with Crippen molar-refractivity contribution in [1.29, 1.82) is 0 Å². The lowest BCUT2D eigenvalue weighted by Gasteiger charge is -2.36. The zero-order valence-corrected chi connectivity index (χ0v) is 19.0. The largest absolute Gasteiger partial charge is 0.406 e. The zero-order valence-electron chi connectivity index (χ0n) is 19.0. The van der Waals surface area contributed by atoms with E-state index in [4.69, 9.17) is 0 Å². The molecule has 1 saturated heterocycles. The van der Waals surface area contributed by atoms with Gasteiger partial charge in [-0.25, -0.2) is 0 Å². The Hall–Kier alpha value is -2.13. The van der Waals surface area contributed by atoms with Gasteiger partial charge in [-0.3, -0.25) is 19.4 Å². The average molecular weight is 455 g/mol. The number of hydrogen-bond acceptors (Lipinski definition) is 4. The van der Waals surface area contributed by atoms with Crippen LogP contribution in [0.4, 0.5) is 18.9 Å². The summed E-state index contributed by atoms with van der Waals surface area (Å²) in [6.45, 7) is 6.91. The molecule has 1 heterocycles. The van der Waals surface area contributed by atoms with E-state index in [1.54, 1.807) is 6.92 Å². The van der Waals surface area contributed by atoms with Crippen molar-refractivity contribution in [3.63, 3.8) is 0 Å². The Morgan fingerprint density at radius 2 is 1.59 bits per heavy atom. The van der Waals surface area contributed by atoms with E-state index < -0.39 is 18.6 Å². The highest BCUT2D eigenvalue weighted by Gasteiger charge is 2.40. The molecule has 6 nitrogen and oxygen atoms in total. The molecule has 1 atom stereocenters. The fourth-order valence-corrected chi connectivity index (χ4v) is 4.27. The number of benzene rings is 1. The highest BCUT2D eigenvalue weighted by Crippen LogP contribution is 2.36. The minimum atomic E-state index is -4.40. The zero-order chi connectivity index (χ0) is 23.5. The molecule has 0 aromatic heterocycles. The summed E-state index contributed by atoms with van der Waals surface area (Å²) in [4.78, 5) is 30.1. The molecule has 1 aliphatic carbocycles. The third-order valence-corrected chi connectivity index (χ3v) is 6.40. The second-order valence-electron chi connectivity index (χ2n) is 9.08. The number of halogens is 3. The SMILES string of the molecule is Cc1cccc(C)c1NC(=O)CN1CCN(CC(=O)N(CC(F)(F)F)C(C)C2CC2)CC1. The van der Waals surface area contributed by atoms with Crippen molar-refractivity contribution in [2.24, 2.45) is 5.92 Å². The predicted molar refractivity (Wildman–Crippen MR) is 117 cm³/mol. The first-order valence-electron chi connectivity index (χ1n) is 11.2. The minimum Gasteiger partial charge on any atom is -0.329 e. The van der Waals surface area contributed by atoms with Crippen molar-refractivity contribution in [2.75, 3.05) is 51.1 Å². The van der Waals surface area contributed by atoms with Crippen molar-refractivity contribution in [3.8, 4) is 0 Å². The van der Waals surface area contributed by atoms with Crippen LogP contribution in [0.15, 0.2) is 18.2 Å². The summed E-state index contributed by atoms with van der Waals surface area (Å²) < 4.78 is 39.0. The molecule has 1 aromatic rings. The van der Waals surface area contributed by atoms with E-state index in [0.29, 0.717) is 26.2 Å². The summed E-state index contributed by atoms with van der Waals surface area (Å²) in [5, 5.41) is 2.97. The van der Waals surface area contributed by atoms with Gasteiger partial charge in [-0.15, -0.1) is 0 Å². The van der Waals surface area contributed by atoms with Crippen LogP contribution in [0.25, 0.3) is 0 Å². The molecule has 178 valence electrons. The Bertz CT molecular complexity index is 798. The van der Waals surface area contributed by atoms with E-state index in [-0.39, 0.29) is 31.0 Å². The molecule has 0 bridgehead atoms. The highest BCUT2D eigenvalue weighted by molar-refractivity contribution is 5.93. The Balaban J connectivity index is 1.47. The molecule has 1 aliphatic heterocycles. The number of nitrogens with one attached hydrogen (secondary N) is 1. The number of alkyl halides is 3. The first-order chi connectivity index (χ1) is 15.0. The molecule has 1 saturated carbocycles. The van der Waals surface area contributed by atoms with Crippen LogP contribution in [0, 0.1) is 19.8 Å². The van der Waals surface area contributed by atoms with Crippen LogP contribution in [0.3, 0.4) is 0 Å². The maximum absolute atomic E-state index is 13.0. The standard InChI is InChI=1S/C23H33F3N4O2/c1-16-5-4-6-17(2)22(16)27-20(31)13-28-9-11-29(12-10-28)14-21(32)30(15-23(24,25)26)18(3)19-7-8-19/h4-6,18-19H,7-15H2,1-3H3,(H,27,31). The number of para-hydroxylation sites is 1. The third-order valence-electron chi connectivity index (χ3n) is 6.40. The normalized spacial score (nSPS) is 18.9. The number of aryl methyl sites for hydroxylation is 2. The Labute approximate surface area is 187 Å². The molecule has 1 unspecified atom stereocenters. The maximum Gasteiger partial charge on any atom is 0.406 e. The maximum atomic E-state index is 13.0. The van der Waals surface area contributed by atoms with Crippen LogP contribution in [-0.4, -0.2) is 84.5 Å². The molecule has 2 fully saturated rings. The second-order valence-corrected chi connectivity index (χ2v) is 9.08. The van der Waals surface area contributed by atoms with E-state index in [9.17, 15) is 22.8 Å². The molecule has 2 amide bonds. The molecule has 0 radical (unpaired) electrons. The van der Waals surface area contributed by atoms with Gasteiger partial charge in [0.25, 0.3) is 0 Å². The smallest absolute Gasteiger partial charge is 0.329 e. The van der Waals surface area contributed by atoms with Gasteiger partial charge in [0.2, 0.25) is 11.8 Å². The molecule has 3 rings (SSSR count). The fourth-order valence-electron chi connectivity index (χ4n) is 4.27. The van der Waals surface area contributed by atoms with Crippen LogP contribution in [0.5, 0.6) is 0 Å². The summed E-state index contributed by atoms with van der Waals surface area (Å²) in [5.74, 6) is -0.391. The van der Waals surface area contributed by atoms with E-state index in [1.165, 1.54) is 0 Å². The van der Waals surface area contributed by atoms with E-state index in [0.717, 1.165) is 34.6 Å². The predicted octanol–water partition coefficient (Wildman–Crippen LogP) is 3.05. The minimum absolute atomic E-state index is 0.0183. The summed E-state index contributed by atoms with van der Waals surface area (Å²) in [6.07, 6.45) is -2.64. The number of hydrogen-bond donors (Lipinski definition) is 1. The van der Waals surface area contributed by atoms with Gasteiger partial charge < -0.3 is 10.2 Å². The van der Waals surface area contributed by atoms with Gasteiger partial charge in [0, 0.05) is 37.9 Å². The summed E-state index contributed by atoms with van der Waals surface area (Å²) in [7, 11) is 0. The summed E-state index contributed by atoms with van der Waals surface area (Å²) in [6, 6.07) is 5.45. The van der Waals surface area contributed by atoms with Crippen LogP contribution < -0.4 is 5.32 Å². The average Bonchev–Trinajstić information content (AvgIpc) is 3.55. The lowest BCUT2D eigenvalue weighted by molar-refractivity contribution is -0.166. The lowest BCUT2D eigenvalue weighted by atomic mass is 10.1. The molecule has 1 N–H and O–H groups in total. The van der Waals surface area contributed by atoms with Crippen LogP contribution >= 0.6 is 0 Å². The van der Waals surface area contributed by atoms with Gasteiger partial charge in [0.15, 0.2) is 0 Å². The molecule has 32 heavy (non-hydrogen) atoms. The summed E-state index contributed by atoms with van der Waals surface area (Å²) >= 11 is 0. The Kier molecular flexibility index (Phi) is 7.82. The number of carbonyl (C=O) groups is 2. The Morgan fingerprint density at radius 3 is 2.09 bits per heavy atom. The van der Waals surface area contributed by atoms with Gasteiger partial charge in [0.1, 0.15) is 6.54 Å². The van der Waals surface area contributed by atoms with Crippen LogP contribution in [-0.2, 0) is 9.59 Å². The van der Waals surface area contributed by atoms with Crippen molar-refractivity contribution in [2.45, 2.75) is 45.8 Å². The first kappa shape index (κ1) is 24.5. The molecule has 9 heteroatoms. The van der Waals surface area contributed by atoms with E-state index in [2.05, 4.69) is 5.32 Å². The van der Waals surface area contributed by atoms with Crippen LogP contribution in [0.1, 0.15) is 30.9 Å². The number of anilines is 1. The number of rotatable bonds is 8. The van der Waals surface area contributed by atoms with Gasteiger partial charge in [-0.2, -0.15) is 13.2 Å². The third kappa shape index (κ3) is 6.93. The summed E-state index contributed by atoms with van der Waals surface area (Å²) in [5.41, 5.74) is 2.84. The molecule has 1 aromatic carbocycles. The molecular weight excluding hydrogens is 421 g/mol. The Morgan fingerprint density at radius 1 is 1.06 bits per heavy atom. The number of nitrogens with zero attached hydrogens (tertiary/aromatic N) is 3. The lowest BCUT2D eigenvalue weighted by Crippen LogP contribution is -2.53. The second kappa shape index (κ2) is 10.2. The van der Waals surface area contributed by atoms with E-state index in [1.807, 2.05) is 41.8 Å². The van der Waals surface area contributed by atoms with Crippen molar-refractivity contribution < 1.29 is 22.8 Å². The number of carbonyl (C=O) groups excluding carboxylic acids is 2. The number of piperazine rings is 1. The highest BCUT2D eigenvalue weighted by atomic mass is 19.4. The van der Waals surface area contributed by atoms with Gasteiger partial charge in [0.05, 0.1) is 13.1 Å². The quantitative estimate of drug-likeness (QED) is 0.656. The number of amides is 2. The fraction of sp³-hybridized carbons (Fsp3) is 0.652. The van der Waals surface area contributed by atoms with Crippen molar-refractivity contribution >= 4 is 17.5 Å². The topological polar surface area (TPSA) is 55.9 Å². The van der Waals surface area contributed by atoms with Crippen molar-refractivity contribution in [3.05, 3.63) is 29.3 Å². The van der Waals surface area contributed by atoms with Gasteiger partial charge in [-0.1, -0.05) is 18.2 Å². The van der Waals surface area contributed by atoms with Crippen molar-refractivity contribution in [1.82, 2.24) is 14.7 Å². The monoisotopic (exact) mass is 454 g/mol. The molecule has 0 spiro atoms. The molecular formula is C23H33F3N4O2. The van der Waals surface area contributed by atoms with Crippen LogP contribution in [0.2, 0.25) is 0 Å².